The van der Waals surface area contributed by atoms with Crippen LogP contribution in [0.3, 0.4) is 0 Å². The van der Waals surface area contributed by atoms with Crippen molar-refractivity contribution in [2.45, 2.75) is 24.9 Å². The Bertz CT molecular complexity index is 688. The van der Waals surface area contributed by atoms with E-state index in [1.54, 1.807) is 13.2 Å². The van der Waals surface area contributed by atoms with Gasteiger partial charge >= 0.3 is 6.03 Å². The number of urea groups is 1. The van der Waals surface area contributed by atoms with E-state index >= 15 is 0 Å². The Morgan fingerprint density at radius 2 is 2.04 bits per heavy atom. The van der Waals surface area contributed by atoms with Crippen LogP contribution in [0.5, 0.6) is 5.75 Å². The van der Waals surface area contributed by atoms with Crippen molar-refractivity contribution in [3.63, 3.8) is 0 Å². The van der Waals surface area contributed by atoms with Crippen LogP contribution in [0.25, 0.3) is 0 Å². The molecule has 0 bridgehead atoms. The molecule has 1 fully saturated rings. The molecule has 2 aromatic rings. The van der Waals surface area contributed by atoms with Crippen LogP contribution in [0.2, 0.25) is 0 Å². The minimum Gasteiger partial charge on any atom is -0.497 e. The number of halogens is 1. The SMILES string of the molecule is COc1ccc(CNC(=O)NC2CC2c2cccc(F)c2)cc1. The Kier molecular flexibility index (Phi) is 4.46. The van der Waals surface area contributed by atoms with Crippen LogP contribution in [0, 0.1) is 5.82 Å². The first-order valence-electron chi connectivity index (χ1n) is 7.58. The lowest BCUT2D eigenvalue weighted by Gasteiger charge is -2.08. The number of rotatable bonds is 5. The van der Waals surface area contributed by atoms with Crippen LogP contribution >= 0.6 is 0 Å². The van der Waals surface area contributed by atoms with E-state index in [2.05, 4.69) is 10.6 Å². The van der Waals surface area contributed by atoms with E-state index in [1.165, 1.54) is 12.1 Å². The number of carbonyl (C=O) groups is 1. The van der Waals surface area contributed by atoms with Gasteiger partial charge in [0.2, 0.25) is 0 Å². The maximum atomic E-state index is 13.2. The van der Waals surface area contributed by atoms with Crippen LogP contribution in [0.15, 0.2) is 48.5 Å². The minimum absolute atomic E-state index is 0.0765. The van der Waals surface area contributed by atoms with Crippen molar-refractivity contribution in [3.8, 4) is 5.75 Å². The first kappa shape index (κ1) is 15.3. The largest absolute Gasteiger partial charge is 0.497 e. The number of amides is 2. The van der Waals surface area contributed by atoms with Crippen molar-refractivity contribution in [2.75, 3.05) is 7.11 Å². The quantitative estimate of drug-likeness (QED) is 0.890. The predicted octanol–water partition coefficient (Wildman–Crippen LogP) is 3.19. The Balaban J connectivity index is 1.45. The highest BCUT2D eigenvalue weighted by Gasteiger charge is 2.39. The summed E-state index contributed by atoms with van der Waals surface area (Å²) in [6.45, 7) is 0.452. The summed E-state index contributed by atoms with van der Waals surface area (Å²) in [5.74, 6) is 0.753. The molecule has 2 unspecified atom stereocenters. The number of nitrogens with one attached hydrogen (secondary N) is 2. The average Bonchev–Trinajstić information content (AvgIpc) is 3.32. The van der Waals surface area contributed by atoms with Gasteiger partial charge in [0.25, 0.3) is 0 Å². The van der Waals surface area contributed by atoms with Gasteiger partial charge in [-0.25, -0.2) is 9.18 Å². The molecule has 1 aliphatic carbocycles. The van der Waals surface area contributed by atoms with Gasteiger partial charge in [-0.05, 0) is 41.8 Å². The van der Waals surface area contributed by atoms with Gasteiger partial charge in [-0.1, -0.05) is 24.3 Å². The third-order valence-corrected chi connectivity index (χ3v) is 4.00. The number of carbonyl (C=O) groups excluding carboxylic acids is 1. The summed E-state index contributed by atoms with van der Waals surface area (Å²) in [5.41, 5.74) is 1.93. The Labute approximate surface area is 134 Å². The van der Waals surface area contributed by atoms with E-state index in [-0.39, 0.29) is 23.8 Å². The normalized spacial score (nSPS) is 19.0. The second-order valence-electron chi connectivity index (χ2n) is 5.68. The van der Waals surface area contributed by atoms with Gasteiger partial charge in [0, 0.05) is 18.5 Å². The van der Waals surface area contributed by atoms with Gasteiger partial charge in [0.05, 0.1) is 7.11 Å². The molecule has 0 saturated heterocycles. The van der Waals surface area contributed by atoms with Gasteiger partial charge in [0.15, 0.2) is 0 Å². The highest BCUT2D eigenvalue weighted by atomic mass is 19.1. The summed E-state index contributed by atoms with van der Waals surface area (Å²) in [6, 6.07) is 14.0. The number of methoxy groups -OCH3 is 1. The molecular weight excluding hydrogens is 295 g/mol. The van der Waals surface area contributed by atoms with E-state index in [1.807, 2.05) is 30.3 Å². The smallest absolute Gasteiger partial charge is 0.315 e. The van der Waals surface area contributed by atoms with E-state index in [0.29, 0.717) is 6.54 Å². The number of benzene rings is 2. The highest BCUT2D eigenvalue weighted by Crippen LogP contribution is 2.40. The fourth-order valence-electron chi connectivity index (χ4n) is 2.61. The number of ether oxygens (including phenoxy) is 1. The lowest BCUT2D eigenvalue weighted by atomic mass is 10.1. The average molecular weight is 314 g/mol. The zero-order valence-electron chi connectivity index (χ0n) is 12.9. The van der Waals surface area contributed by atoms with Crippen molar-refractivity contribution in [1.82, 2.24) is 10.6 Å². The van der Waals surface area contributed by atoms with Crippen LogP contribution in [0.4, 0.5) is 9.18 Å². The van der Waals surface area contributed by atoms with Crippen molar-refractivity contribution in [3.05, 3.63) is 65.5 Å². The molecule has 0 radical (unpaired) electrons. The maximum absolute atomic E-state index is 13.2. The van der Waals surface area contributed by atoms with Gasteiger partial charge in [-0.3, -0.25) is 0 Å². The Morgan fingerprint density at radius 1 is 1.26 bits per heavy atom. The highest BCUT2D eigenvalue weighted by molar-refractivity contribution is 5.74. The van der Waals surface area contributed by atoms with Crippen LogP contribution in [-0.4, -0.2) is 19.2 Å². The van der Waals surface area contributed by atoms with E-state index in [0.717, 1.165) is 23.3 Å². The summed E-state index contributed by atoms with van der Waals surface area (Å²) >= 11 is 0. The summed E-state index contributed by atoms with van der Waals surface area (Å²) in [7, 11) is 1.62. The zero-order chi connectivity index (χ0) is 16.2. The van der Waals surface area contributed by atoms with Gasteiger partial charge in [0.1, 0.15) is 11.6 Å². The molecule has 5 heteroatoms. The fourth-order valence-corrected chi connectivity index (χ4v) is 2.61. The van der Waals surface area contributed by atoms with Crippen LogP contribution in [-0.2, 0) is 6.54 Å². The molecule has 1 saturated carbocycles. The zero-order valence-corrected chi connectivity index (χ0v) is 12.9. The van der Waals surface area contributed by atoms with Gasteiger partial charge in [-0.15, -0.1) is 0 Å². The summed E-state index contributed by atoms with van der Waals surface area (Å²) in [4.78, 5) is 11.9. The molecule has 0 aliphatic heterocycles. The molecule has 4 nitrogen and oxygen atoms in total. The third-order valence-electron chi connectivity index (χ3n) is 4.00. The van der Waals surface area contributed by atoms with Crippen LogP contribution < -0.4 is 15.4 Å². The second kappa shape index (κ2) is 6.69. The molecule has 2 atom stereocenters. The first-order valence-corrected chi connectivity index (χ1v) is 7.58. The van der Waals surface area contributed by atoms with Crippen molar-refractivity contribution < 1.29 is 13.9 Å². The van der Waals surface area contributed by atoms with Crippen molar-refractivity contribution >= 4 is 6.03 Å². The molecule has 0 heterocycles. The van der Waals surface area contributed by atoms with Gasteiger partial charge in [-0.2, -0.15) is 0 Å². The summed E-state index contributed by atoms with van der Waals surface area (Å²) < 4.78 is 18.3. The summed E-state index contributed by atoms with van der Waals surface area (Å²) in [6.07, 6.45) is 0.847. The van der Waals surface area contributed by atoms with E-state index in [9.17, 15) is 9.18 Å². The molecule has 2 amide bonds. The molecule has 2 aromatic carbocycles. The van der Waals surface area contributed by atoms with Crippen LogP contribution in [0.1, 0.15) is 23.5 Å². The van der Waals surface area contributed by atoms with E-state index < -0.39 is 0 Å². The first-order chi connectivity index (χ1) is 11.2. The van der Waals surface area contributed by atoms with E-state index in [4.69, 9.17) is 4.74 Å². The molecule has 0 aromatic heterocycles. The molecule has 3 rings (SSSR count). The van der Waals surface area contributed by atoms with Crippen molar-refractivity contribution in [2.24, 2.45) is 0 Å². The topological polar surface area (TPSA) is 50.4 Å². The Hall–Kier alpha value is -2.56. The number of hydrogen-bond donors (Lipinski definition) is 2. The predicted molar refractivity (Wildman–Crippen MR) is 85.9 cm³/mol. The standard InChI is InChI=1S/C18H19FN2O2/c1-23-15-7-5-12(6-8-15)11-20-18(22)21-17-10-16(17)13-3-2-4-14(19)9-13/h2-9,16-17H,10-11H2,1H3,(H2,20,21,22). The molecule has 0 spiro atoms. The maximum Gasteiger partial charge on any atom is 0.315 e. The lowest BCUT2D eigenvalue weighted by molar-refractivity contribution is 0.240. The third kappa shape index (κ3) is 4.00. The molecule has 120 valence electrons. The molecule has 1 aliphatic rings. The molecular formula is C18H19FN2O2. The Morgan fingerprint density at radius 3 is 2.74 bits per heavy atom. The van der Waals surface area contributed by atoms with Crippen molar-refractivity contribution in [1.29, 1.82) is 0 Å². The molecule has 2 N–H and O–H groups in total. The second-order valence-corrected chi connectivity index (χ2v) is 5.68. The number of hydrogen-bond acceptors (Lipinski definition) is 2. The molecule has 23 heavy (non-hydrogen) atoms. The van der Waals surface area contributed by atoms with Gasteiger partial charge < -0.3 is 15.4 Å². The minimum atomic E-state index is -0.239. The summed E-state index contributed by atoms with van der Waals surface area (Å²) in [5, 5.41) is 5.74. The lowest BCUT2D eigenvalue weighted by Crippen LogP contribution is -2.36. The monoisotopic (exact) mass is 314 g/mol. The fraction of sp³-hybridized carbons (Fsp3) is 0.278.